The molecule has 0 aliphatic heterocycles. The first-order valence-corrected chi connectivity index (χ1v) is 6.34. The number of aromatic nitrogens is 3. The summed E-state index contributed by atoms with van der Waals surface area (Å²) in [6.45, 7) is 1.95. The van der Waals surface area contributed by atoms with Crippen LogP contribution in [0.15, 0.2) is 18.2 Å². The van der Waals surface area contributed by atoms with E-state index in [9.17, 15) is 4.79 Å². The van der Waals surface area contributed by atoms with E-state index >= 15 is 0 Å². The van der Waals surface area contributed by atoms with E-state index in [0.717, 1.165) is 6.42 Å². The van der Waals surface area contributed by atoms with Crippen LogP contribution >= 0.6 is 11.6 Å². The van der Waals surface area contributed by atoms with Crippen molar-refractivity contribution in [1.29, 1.82) is 5.26 Å². The molecular weight excluding hydrogens is 280 g/mol. The normalized spacial score (nSPS) is 10.2. The maximum Gasteiger partial charge on any atom is 0.375 e. The smallest absolute Gasteiger partial charge is 0.375 e. The van der Waals surface area contributed by atoms with Crippen LogP contribution in [0.1, 0.15) is 35.4 Å². The van der Waals surface area contributed by atoms with E-state index in [1.54, 1.807) is 18.2 Å². The average Bonchev–Trinajstić information content (AvgIpc) is 2.84. The number of hydrogen-bond acceptors (Lipinski definition) is 4. The standard InChI is InChI=1S/C13H11ClN4O2/c1-2-3-11-16-12(13(19)20)17-18(11)10-6-8(7-15)4-5-9(10)14/h4-6H,2-3H2,1H3,(H,19,20). The number of nitrogens with zero attached hydrogens (tertiary/aromatic N) is 4. The average molecular weight is 291 g/mol. The highest BCUT2D eigenvalue weighted by Gasteiger charge is 2.17. The van der Waals surface area contributed by atoms with Crippen LogP contribution < -0.4 is 0 Å². The van der Waals surface area contributed by atoms with E-state index in [1.807, 2.05) is 13.0 Å². The Kier molecular flexibility index (Phi) is 4.01. The van der Waals surface area contributed by atoms with Crippen molar-refractivity contribution in [2.45, 2.75) is 19.8 Å². The predicted octanol–water partition coefficient (Wildman–Crippen LogP) is 2.44. The highest BCUT2D eigenvalue weighted by Crippen LogP contribution is 2.23. The zero-order valence-electron chi connectivity index (χ0n) is 10.7. The molecule has 1 aromatic heterocycles. The van der Waals surface area contributed by atoms with Gasteiger partial charge in [0.1, 0.15) is 5.82 Å². The van der Waals surface area contributed by atoms with Crippen LogP contribution in [0.3, 0.4) is 0 Å². The van der Waals surface area contributed by atoms with E-state index in [4.69, 9.17) is 22.0 Å². The van der Waals surface area contributed by atoms with Crippen LogP contribution in [0, 0.1) is 11.3 Å². The van der Waals surface area contributed by atoms with Crippen LogP contribution in [0.2, 0.25) is 5.02 Å². The maximum atomic E-state index is 11.0. The second kappa shape index (κ2) is 5.72. The zero-order valence-corrected chi connectivity index (χ0v) is 11.4. The van der Waals surface area contributed by atoms with Gasteiger partial charge in [0.15, 0.2) is 0 Å². The second-order valence-electron chi connectivity index (χ2n) is 4.10. The molecule has 2 aromatic rings. The van der Waals surface area contributed by atoms with Crippen molar-refractivity contribution in [2.24, 2.45) is 0 Å². The predicted molar refractivity (Wildman–Crippen MR) is 72.0 cm³/mol. The summed E-state index contributed by atoms with van der Waals surface area (Å²) in [7, 11) is 0. The van der Waals surface area contributed by atoms with Crippen LogP contribution in [-0.2, 0) is 6.42 Å². The number of nitriles is 1. The molecule has 0 aliphatic rings. The van der Waals surface area contributed by atoms with Crippen LogP contribution in [-0.4, -0.2) is 25.8 Å². The molecule has 0 saturated carbocycles. The molecule has 0 aliphatic carbocycles. The van der Waals surface area contributed by atoms with Gasteiger partial charge in [0.25, 0.3) is 5.82 Å². The summed E-state index contributed by atoms with van der Waals surface area (Å²) in [5, 5.41) is 22.2. The summed E-state index contributed by atoms with van der Waals surface area (Å²) < 4.78 is 1.39. The van der Waals surface area contributed by atoms with Gasteiger partial charge >= 0.3 is 5.97 Å². The number of halogens is 1. The second-order valence-corrected chi connectivity index (χ2v) is 4.50. The molecular formula is C13H11ClN4O2. The molecule has 0 bridgehead atoms. The first-order valence-electron chi connectivity index (χ1n) is 5.96. The largest absolute Gasteiger partial charge is 0.475 e. The van der Waals surface area contributed by atoms with Gasteiger partial charge in [-0.2, -0.15) is 5.26 Å². The monoisotopic (exact) mass is 290 g/mol. The molecule has 0 fully saturated rings. The lowest BCUT2D eigenvalue weighted by atomic mass is 10.2. The van der Waals surface area contributed by atoms with Gasteiger partial charge < -0.3 is 5.11 Å². The van der Waals surface area contributed by atoms with Gasteiger partial charge in [-0.3, -0.25) is 0 Å². The van der Waals surface area contributed by atoms with E-state index in [2.05, 4.69) is 10.1 Å². The third kappa shape index (κ3) is 2.63. The highest BCUT2D eigenvalue weighted by atomic mass is 35.5. The lowest BCUT2D eigenvalue weighted by molar-refractivity contribution is 0.0683. The minimum Gasteiger partial charge on any atom is -0.475 e. The van der Waals surface area contributed by atoms with E-state index in [-0.39, 0.29) is 5.82 Å². The Balaban J connectivity index is 2.61. The quantitative estimate of drug-likeness (QED) is 0.933. The molecule has 102 valence electrons. The van der Waals surface area contributed by atoms with E-state index < -0.39 is 5.97 Å². The lowest BCUT2D eigenvalue weighted by Crippen LogP contribution is -2.05. The SMILES string of the molecule is CCCc1nc(C(=O)O)nn1-c1cc(C#N)ccc1Cl. The van der Waals surface area contributed by atoms with Gasteiger partial charge in [0, 0.05) is 6.42 Å². The van der Waals surface area contributed by atoms with Gasteiger partial charge in [-0.25, -0.2) is 14.5 Å². The highest BCUT2D eigenvalue weighted by molar-refractivity contribution is 6.32. The van der Waals surface area contributed by atoms with Crippen molar-refractivity contribution >= 4 is 17.6 Å². The molecule has 0 atom stereocenters. The molecule has 0 radical (unpaired) electrons. The molecule has 6 nitrogen and oxygen atoms in total. The fourth-order valence-electron chi connectivity index (χ4n) is 1.76. The molecule has 0 amide bonds. The van der Waals surface area contributed by atoms with Gasteiger partial charge in [-0.05, 0) is 24.6 Å². The van der Waals surface area contributed by atoms with Crippen LogP contribution in [0.25, 0.3) is 5.69 Å². The third-order valence-corrected chi connectivity index (χ3v) is 2.96. The summed E-state index contributed by atoms with van der Waals surface area (Å²) in [5.74, 6) is -0.984. The molecule has 2 rings (SSSR count). The number of aryl methyl sites for hydroxylation is 1. The van der Waals surface area contributed by atoms with Crippen molar-refractivity contribution in [3.8, 4) is 11.8 Å². The maximum absolute atomic E-state index is 11.0. The molecule has 0 saturated heterocycles. The summed E-state index contributed by atoms with van der Waals surface area (Å²) in [4.78, 5) is 15.0. The summed E-state index contributed by atoms with van der Waals surface area (Å²) >= 11 is 6.10. The van der Waals surface area contributed by atoms with Crippen molar-refractivity contribution < 1.29 is 9.90 Å². The summed E-state index contributed by atoms with van der Waals surface area (Å²) in [6, 6.07) is 6.73. The molecule has 1 heterocycles. The van der Waals surface area contributed by atoms with Crippen LogP contribution in [0.5, 0.6) is 0 Å². The number of benzene rings is 1. The molecule has 20 heavy (non-hydrogen) atoms. The Morgan fingerprint density at radius 3 is 2.90 bits per heavy atom. The number of carboxylic acids is 1. The Bertz CT molecular complexity index is 703. The number of hydrogen-bond donors (Lipinski definition) is 1. The van der Waals surface area contributed by atoms with Crippen molar-refractivity contribution in [3.63, 3.8) is 0 Å². The Hall–Kier alpha value is -2.39. The Morgan fingerprint density at radius 1 is 1.55 bits per heavy atom. The van der Waals surface area contributed by atoms with Crippen LogP contribution in [0.4, 0.5) is 0 Å². The topological polar surface area (TPSA) is 91.8 Å². The third-order valence-electron chi connectivity index (χ3n) is 2.64. The first kappa shape index (κ1) is 14.0. The van der Waals surface area contributed by atoms with Crippen molar-refractivity contribution in [2.75, 3.05) is 0 Å². The minimum absolute atomic E-state index is 0.285. The Labute approximate surface area is 120 Å². The first-order chi connectivity index (χ1) is 9.56. The number of carboxylic acid groups (broad SMARTS) is 1. The summed E-state index contributed by atoms with van der Waals surface area (Å²) in [5.41, 5.74) is 0.869. The van der Waals surface area contributed by atoms with Gasteiger partial charge in [0.2, 0.25) is 0 Å². The van der Waals surface area contributed by atoms with Gasteiger partial charge in [-0.15, -0.1) is 5.10 Å². The molecule has 1 aromatic carbocycles. The zero-order chi connectivity index (χ0) is 14.7. The minimum atomic E-state index is -1.20. The molecule has 0 spiro atoms. The molecule has 0 unspecified atom stereocenters. The van der Waals surface area contributed by atoms with Crippen molar-refractivity contribution in [1.82, 2.24) is 14.8 Å². The fourth-order valence-corrected chi connectivity index (χ4v) is 1.96. The van der Waals surface area contributed by atoms with E-state index in [0.29, 0.717) is 28.5 Å². The number of carbonyl (C=O) groups is 1. The lowest BCUT2D eigenvalue weighted by Gasteiger charge is -2.07. The number of rotatable bonds is 4. The van der Waals surface area contributed by atoms with E-state index in [1.165, 1.54) is 4.68 Å². The van der Waals surface area contributed by atoms with Gasteiger partial charge in [-0.1, -0.05) is 18.5 Å². The van der Waals surface area contributed by atoms with Gasteiger partial charge in [0.05, 0.1) is 22.3 Å². The molecule has 1 N–H and O–H groups in total. The summed E-state index contributed by atoms with van der Waals surface area (Å²) in [6.07, 6.45) is 1.35. The number of aromatic carboxylic acids is 1. The molecule has 7 heteroatoms. The Morgan fingerprint density at radius 2 is 2.30 bits per heavy atom. The fraction of sp³-hybridized carbons (Fsp3) is 0.231. The van der Waals surface area contributed by atoms with Crippen molar-refractivity contribution in [3.05, 3.63) is 40.4 Å².